The van der Waals surface area contributed by atoms with E-state index in [1.165, 1.54) is 36.0 Å². The molecule has 110 valence electrons. The van der Waals surface area contributed by atoms with Gasteiger partial charge in [0, 0.05) is 18.8 Å². The average molecular weight is 301 g/mol. The van der Waals surface area contributed by atoms with Gasteiger partial charge >= 0.3 is 0 Å². The van der Waals surface area contributed by atoms with Crippen molar-refractivity contribution >= 4 is 11.6 Å². The van der Waals surface area contributed by atoms with Crippen LogP contribution in [0.4, 0.5) is 0 Å². The molecular weight excluding hydrogens is 280 g/mol. The number of rotatable bonds is 3. The molecule has 1 saturated heterocycles. The molecule has 21 heavy (non-hydrogen) atoms. The summed E-state index contributed by atoms with van der Waals surface area (Å²) in [4.78, 5) is 6.88. The van der Waals surface area contributed by atoms with Crippen LogP contribution < -0.4 is 0 Å². The van der Waals surface area contributed by atoms with Gasteiger partial charge in [-0.2, -0.15) is 0 Å². The molecule has 0 saturated carbocycles. The molecule has 1 atom stereocenters. The molecule has 3 heteroatoms. The van der Waals surface area contributed by atoms with Crippen molar-refractivity contribution in [1.29, 1.82) is 0 Å². The van der Waals surface area contributed by atoms with Crippen molar-refractivity contribution in [3.63, 3.8) is 0 Å². The van der Waals surface area contributed by atoms with Gasteiger partial charge in [0.1, 0.15) is 5.15 Å². The van der Waals surface area contributed by atoms with Crippen LogP contribution in [0.25, 0.3) is 0 Å². The molecule has 1 aromatic heterocycles. The summed E-state index contributed by atoms with van der Waals surface area (Å²) >= 11 is 6.00. The fourth-order valence-corrected chi connectivity index (χ4v) is 3.44. The third-order valence-corrected chi connectivity index (χ3v) is 4.53. The first-order chi connectivity index (χ1) is 10.2. The van der Waals surface area contributed by atoms with Gasteiger partial charge in [0.25, 0.3) is 0 Å². The first-order valence-electron chi connectivity index (χ1n) is 7.64. The van der Waals surface area contributed by atoms with Crippen LogP contribution in [-0.4, -0.2) is 16.4 Å². The number of aryl methyl sites for hydroxylation is 1. The predicted octanol–water partition coefficient (Wildman–Crippen LogP) is 4.77. The van der Waals surface area contributed by atoms with Crippen molar-refractivity contribution in [3.8, 4) is 0 Å². The molecular formula is C18H21ClN2. The zero-order valence-electron chi connectivity index (χ0n) is 12.4. The molecule has 0 amide bonds. The first kappa shape index (κ1) is 14.6. The Kier molecular flexibility index (Phi) is 4.57. The monoisotopic (exact) mass is 300 g/mol. The molecule has 2 heterocycles. The molecule has 0 aliphatic carbocycles. The van der Waals surface area contributed by atoms with Gasteiger partial charge in [0.05, 0.1) is 0 Å². The van der Waals surface area contributed by atoms with Gasteiger partial charge in [-0.15, -0.1) is 0 Å². The van der Waals surface area contributed by atoms with E-state index in [1.807, 2.05) is 12.3 Å². The lowest BCUT2D eigenvalue weighted by molar-refractivity contribution is 0.139. The van der Waals surface area contributed by atoms with Crippen molar-refractivity contribution < 1.29 is 0 Å². The van der Waals surface area contributed by atoms with Gasteiger partial charge in [-0.1, -0.05) is 48.4 Å². The normalized spacial score (nSPS) is 19.6. The Morgan fingerprint density at radius 3 is 2.81 bits per heavy atom. The second kappa shape index (κ2) is 6.59. The zero-order chi connectivity index (χ0) is 14.7. The summed E-state index contributed by atoms with van der Waals surface area (Å²) in [7, 11) is 0. The van der Waals surface area contributed by atoms with Gasteiger partial charge in [-0.05, 0) is 49.1 Å². The predicted molar refractivity (Wildman–Crippen MR) is 87.4 cm³/mol. The summed E-state index contributed by atoms with van der Waals surface area (Å²) in [6.45, 7) is 4.30. The fraction of sp³-hybridized carbons (Fsp3) is 0.389. The zero-order valence-corrected chi connectivity index (χ0v) is 13.2. The summed E-state index contributed by atoms with van der Waals surface area (Å²) in [5, 5.41) is 0.585. The van der Waals surface area contributed by atoms with E-state index >= 15 is 0 Å². The lowest BCUT2D eigenvalue weighted by Crippen LogP contribution is -2.33. The van der Waals surface area contributed by atoms with Crippen LogP contribution in [0.3, 0.4) is 0 Å². The number of hydrogen-bond donors (Lipinski definition) is 0. The SMILES string of the molecule is Cc1cc(Cl)ncc1C1CCCCN1Cc1ccccc1. The number of pyridine rings is 1. The summed E-state index contributed by atoms with van der Waals surface area (Å²) < 4.78 is 0. The molecule has 0 spiro atoms. The molecule has 1 aliphatic rings. The molecule has 3 rings (SSSR count). The van der Waals surface area contributed by atoms with E-state index in [4.69, 9.17) is 11.6 Å². The summed E-state index contributed by atoms with van der Waals surface area (Å²) in [6, 6.07) is 13.2. The summed E-state index contributed by atoms with van der Waals surface area (Å²) in [5.74, 6) is 0. The van der Waals surface area contributed by atoms with Gasteiger partial charge in [-0.25, -0.2) is 4.98 Å². The topological polar surface area (TPSA) is 16.1 Å². The van der Waals surface area contributed by atoms with Gasteiger partial charge in [-0.3, -0.25) is 4.90 Å². The van der Waals surface area contributed by atoms with Crippen LogP contribution in [0.5, 0.6) is 0 Å². The molecule has 1 aliphatic heterocycles. The third-order valence-electron chi connectivity index (χ3n) is 4.32. The van der Waals surface area contributed by atoms with E-state index in [-0.39, 0.29) is 0 Å². The number of nitrogens with zero attached hydrogens (tertiary/aromatic N) is 2. The van der Waals surface area contributed by atoms with Gasteiger partial charge < -0.3 is 0 Å². The van der Waals surface area contributed by atoms with Crippen molar-refractivity contribution in [3.05, 3.63) is 64.4 Å². The second-order valence-electron chi connectivity index (χ2n) is 5.83. The Hall–Kier alpha value is -1.38. The number of piperidine rings is 1. The Morgan fingerprint density at radius 1 is 1.24 bits per heavy atom. The van der Waals surface area contributed by atoms with Crippen LogP contribution in [-0.2, 0) is 6.54 Å². The quantitative estimate of drug-likeness (QED) is 0.759. The number of halogens is 1. The molecule has 1 fully saturated rings. The number of likely N-dealkylation sites (tertiary alicyclic amines) is 1. The smallest absolute Gasteiger partial charge is 0.129 e. The number of hydrogen-bond acceptors (Lipinski definition) is 2. The Morgan fingerprint density at radius 2 is 2.05 bits per heavy atom. The average Bonchev–Trinajstić information content (AvgIpc) is 2.49. The Bertz CT molecular complexity index is 597. The maximum Gasteiger partial charge on any atom is 0.129 e. The summed E-state index contributed by atoms with van der Waals surface area (Å²) in [5.41, 5.74) is 3.96. The first-order valence-corrected chi connectivity index (χ1v) is 8.02. The highest BCUT2D eigenvalue weighted by molar-refractivity contribution is 6.29. The van der Waals surface area contributed by atoms with E-state index in [0.717, 1.165) is 13.1 Å². The van der Waals surface area contributed by atoms with Crippen molar-refractivity contribution in [2.75, 3.05) is 6.54 Å². The third kappa shape index (κ3) is 3.45. The van der Waals surface area contributed by atoms with Crippen molar-refractivity contribution in [1.82, 2.24) is 9.88 Å². The Labute approximate surface area is 131 Å². The summed E-state index contributed by atoms with van der Waals surface area (Å²) in [6.07, 6.45) is 5.74. The lowest BCUT2D eigenvalue weighted by atomic mass is 9.93. The van der Waals surface area contributed by atoms with Crippen LogP contribution in [0.2, 0.25) is 5.15 Å². The van der Waals surface area contributed by atoms with Crippen LogP contribution >= 0.6 is 11.6 Å². The van der Waals surface area contributed by atoms with Crippen molar-refractivity contribution in [2.45, 2.75) is 38.8 Å². The largest absolute Gasteiger partial charge is 0.292 e. The molecule has 0 bridgehead atoms. The fourth-order valence-electron chi connectivity index (χ4n) is 3.23. The van der Waals surface area contributed by atoms with E-state index < -0.39 is 0 Å². The molecule has 0 N–H and O–H groups in total. The number of benzene rings is 1. The minimum Gasteiger partial charge on any atom is -0.292 e. The second-order valence-corrected chi connectivity index (χ2v) is 6.22. The highest BCUT2D eigenvalue weighted by Gasteiger charge is 2.25. The maximum atomic E-state index is 6.00. The maximum absolute atomic E-state index is 6.00. The van der Waals surface area contributed by atoms with Crippen LogP contribution in [0, 0.1) is 6.92 Å². The van der Waals surface area contributed by atoms with E-state index in [0.29, 0.717) is 11.2 Å². The lowest BCUT2D eigenvalue weighted by Gasteiger charge is -2.36. The van der Waals surface area contributed by atoms with Crippen LogP contribution in [0.1, 0.15) is 42.0 Å². The molecule has 1 aromatic carbocycles. The van der Waals surface area contributed by atoms with E-state index in [9.17, 15) is 0 Å². The highest BCUT2D eigenvalue weighted by Crippen LogP contribution is 2.33. The van der Waals surface area contributed by atoms with E-state index in [1.54, 1.807) is 0 Å². The minimum absolute atomic E-state index is 0.462. The molecule has 1 unspecified atom stereocenters. The standard InChI is InChI=1S/C18H21ClN2/c1-14-11-18(19)20-12-16(14)17-9-5-6-10-21(17)13-15-7-3-2-4-8-15/h2-4,7-8,11-12,17H,5-6,9-10,13H2,1H3. The number of aromatic nitrogens is 1. The molecule has 2 aromatic rings. The molecule has 0 radical (unpaired) electrons. The van der Waals surface area contributed by atoms with Crippen LogP contribution in [0.15, 0.2) is 42.6 Å². The van der Waals surface area contributed by atoms with Gasteiger partial charge in [0.2, 0.25) is 0 Å². The minimum atomic E-state index is 0.462. The van der Waals surface area contributed by atoms with Gasteiger partial charge in [0.15, 0.2) is 0 Å². The van der Waals surface area contributed by atoms with E-state index in [2.05, 4.69) is 47.1 Å². The Balaban J connectivity index is 1.84. The molecule has 2 nitrogen and oxygen atoms in total. The van der Waals surface area contributed by atoms with Crippen molar-refractivity contribution in [2.24, 2.45) is 0 Å². The highest BCUT2D eigenvalue weighted by atomic mass is 35.5.